The van der Waals surface area contributed by atoms with Crippen molar-refractivity contribution in [3.63, 3.8) is 0 Å². The predicted octanol–water partition coefficient (Wildman–Crippen LogP) is 2.47. The average Bonchev–Trinajstić information content (AvgIpc) is 2.63. The number of amides is 2. The molecule has 1 aliphatic carbocycles. The highest BCUT2D eigenvalue weighted by molar-refractivity contribution is 6.00. The molecule has 3 rings (SSSR count). The summed E-state index contributed by atoms with van der Waals surface area (Å²) >= 11 is 0. The lowest BCUT2D eigenvalue weighted by Crippen LogP contribution is -2.43. The Morgan fingerprint density at radius 1 is 1.31 bits per heavy atom. The van der Waals surface area contributed by atoms with E-state index in [-0.39, 0.29) is 18.2 Å². The van der Waals surface area contributed by atoms with Crippen LogP contribution in [0.25, 0.3) is 0 Å². The van der Waals surface area contributed by atoms with E-state index in [0.717, 1.165) is 12.1 Å². The fraction of sp³-hybridized carbons (Fsp3) is 0.600. The molecule has 0 aromatic heterocycles. The Morgan fingerprint density at radius 3 is 2.85 bits per heavy atom. The van der Waals surface area contributed by atoms with Crippen molar-refractivity contribution in [2.75, 3.05) is 25.5 Å². The van der Waals surface area contributed by atoms with E-state index >= 15 is 0 Å². The van der Waals surface area contributed by atoms with Gasteiger partial charge in [-0.3, -0.25) is 9.59 Å². The monoisotopic (exact) mass is 359 g/mol. The van der Waals surface area contributed by atoms with E-state index in [9.17, 15) is 9.59 Å². The molecule has 26 heavy (non-hydrogen) atoms. The van der Waals surface area contributed by atoms with Gasteiger partial charge in [0.05, 0.1) is 12.1 Å². The number of hydrogen-bond donors (Lipinski definition) is 2. The summed E-state index contributed by atoms with van der Waals surface area (Å²) in [5.41, 5.74) is 1.71. The van der Waals surface area contributed by atoms with Crippen LogP contribution in [0.1, 0.15) is 44.1 Å². The molecule has 1 aromatic carbocycles. The summed E-state index contributed by atoms with van der Waals surface area (Å²) in [5.74, 6) is 0.195. The molecule has 1 aliphatic heterocycles. The number of carbonyl (C=O) groups excluding carboxylic acids is 2. The van der Waals surface area contributed by atoms with Gasteiger partial charge in [-0.15, -0.1) is 0 Å². The zero-order chi connectivity index (χ0) is 18.5. The smallest absolute Gasteiger partial charge is 0.266 e. The molecule has 2 aliphatic rings. The number of carbonyl (C=O) groups is 2. The van der Waals surface area contributed by atoms with E-state index in [1.54, 1.807) is 0 Å². The average molecular weight is 359 g/mol. The van der Waals surface area contributed by atoms with Crippen molar-refractivity contribution in [1.82, 2.24) is 10.2 Å². The zero-order valence-electron chi connectivity index (χ0n) is 15.7. The van der Waals surface area contributed by atoms with Gasteiger partial charge in [-0.05, 0) is 44.5 Å². The van der Waals surface area contributed by atoms with Gasteiger partial charge in [0, 0.05) is 19.1 Å². The molecule has 2 N–H and O–H groups in total. The van der Waals surface area contributed by atoms with E-state index in [1.807, 2.05) is 25.1 Å². The van der Waals surface area contributed by atoms with Gasteiger partial charge >= 0.3 is 0 Å². The molecule has 1 atom stereocenters. The highest BCUT2D eigenvalue weighted by Gasteiger charge is 2.29. The molecule has 6 nitrogen and oxygen atoms in total. The van der Waals surface area contributed by atoms with Crippen molar-refractivity contribution >= 4 is 17.5 Å². The summed E-state index contributed by atoms with van der Waals surface area (Å²) in [6.45, 7) is 3.38. The number of aryl methyl sites for hydroxylation is 1. The third-order valence-electron chi connectivity index (χ3n) is 5.31. The molecule has 0 bridgehead atoms. The van der Waals surface area contributed by atoms with Crippen LogP contribution in [-0.4, -0.2) is 49.0 Å². The molecule has 1 fully saturated rings. The third-order valence-corrected chi connectivity index (χ3v) is 5.31. The van der Waals surface area contributed by atoms with Crippen molar-refractivity contribution in [2.24, 2.45) is 0 Å². The highest BCUT2D eigenvalue weighted by Crippen LogP contribution is 2.31. The molecule has 0 spiro atoms. The lowest BCUT2D eigenvalue weighted by atomic mass is 9.94. The van der Waals surface area contributed by atoms with Crippen LogP contribution < -0.4 is 15.4 Å². The second-order valence-corrected chi connectivity index (χ2v) is 7.42. The molecule has 1 aromatic rings. The van der Waals surface area contributed by atoms with Gasteiger partial charge in [-0.2, -0.15) is 0 Å². The van der Waals surface area contributed by atoms with Crippen LogP contribution in [0.3, 0.4) is 0 Å². The fourth-order valence-corrected chi connectivity index (χ4v) is 3.72. The van der Waals surface area contributed by atoms with Gasteiger partial charge in [0.25, 0.3) is 5.91 Å². The van der Waals surface area contributed by atoms with Crippen LogP contribution in [0.2, 0.25) is 0 Å². The normalized spacial score (nSPS) is 20.3. The number of likely N-dealkylation sites (N-methyl/N-ethyl adjacent to an activating group) is 1. The van der Waals surface area contributed by atoms with Crippen LogP contribution in [0.15, 0.2) is 18.2 Å². The third kappa shape index (κ3) is 4.75. The van der Waals surface area contributed by atoms with Gasteiger partial charge < -0.3 is 20.3 Å². The summed E-state index contributed by atoms with van der Waals surface area (Å²) in [5, 5.41) is 5.73. The van der Waals surface area contributed by atoms with Gasteiger partial charge in [-0.1, -0.05) is 25.3 Å². The van der Waals surface area contributed by atoms with Gasteiger partial charge in [0.15, 0.2) is 6.10 Å². The Kier molecular flexibility index (Phi) is 6.14. The van der Waals surface area contributed by atoms with Crippen molar-refractivity contribution in [3.8, 4) is 5.75 Å². The summed E-state index contributed by atoms with van der Waals surface area (Å²) in [7, 11) is 2.12. The molecule has 6 heteroatoms. The summed E-state index contributed by atoms with van der Waals surface area (Å²) in [4.78, 5) is 26.7. The van der Waals surface area contributed by atoms with Crippen molar-refractivity contribution in [3.05, 3.63) is 23.8 Å². The quantitative estimate of drug-likeness (QED) is 0.819. The molecule has 142 valence electrons. The highest BCUT2D eigenvalue weighted by atomic mass is 16.5. The van der Waals surface area contributed by atoms with E-state index < -0.39 is 6.10 Å². The van der Waals surface area contributed by atoms with E-state index in [0.29, 0.717) is 24.0 Å². The Balaban J connectivity index is 1.43. The maximum atomic E-state index is 12.2. The number of nitrogens with one attached hydrogen (secondary N) is 2. The number of ether oxygens (including phenoxy) is 1. The minimum Gasteiger partial charge on any atom is -0.478 e. The van der Waals surface area contributed by atoms with Gasteiger partial charge in [0.1, 0.15) is 5.75 Å². The number of anilines is 1. The van der Waals surface area contributed by atoms with Gasteiger partial charge in [-0.25, -0.2) is 0 Å². The first kappa shape index (κ1) is 18.7. The first-order valence-electron chi connectivity index (χ1n) is 9.58. The van der Waals surface area contributed by atoms with E-state index in [1.165, 1.54) is 32.1 Å². The number of rotatable bonds is 6. The standard InChI is InChI=1S/C20H29N3O3/c1-14-8-9-17-16(12-14)22-20(25)18(26-17)13-19(24)21-10-11-23(2)15-6-4-3-5-7-15/h8-9,12,15,18H,3-7,10-11,13H2,1-2H3,(H,21,24)(H,22,25). The Bertz CT molecular complexity index is 656. The largest absolute Gasteiger partial charge is 0.478 e. The summed E-state index contributed by atoms with van der Waals surface area (Å²) in [6.07, 6.45) is 5.70. The van der Waals surface area contributed by atoms with Crippen LogP contribution in [0.4, 0.5) is 5.69 Å². The first-order chi connectivity index (χ1) is 12.5. The summed E-state index contributed by atoms with van der Waals surface area (Å²) in [6, 6.07) is 6.25. The Morgan fingerprint density at radius 2 is 2.08 bits per heavy atom. The van der Waals surface area contributed by atoms with Crippen LogP contribution in [0.5, 0.6) is 5.75 Å². The second kappa shape index (κ2) is 8.54. The lowest BCUT2D eigenvalue weighted by molar-refractivity contribution is -0.130. The van der Waals surface area contributed by atoms with Gasteiger partial charge in [0.2, 0.25) is 5.91 Å². The van der Waals surface area contributed by atoms with E-state index in [4.69, 9.17) is 4.74 Å². The van der Waals surface area contributed by atoms with E-state index in [2.05, 4.69) is 22.6 Å². The molecule has 2 amide bonds. The van der Waals surface area contributed by atoms with Crippen molar-refractivity contribution in [2.45, 2.75) is 57.6 Å². The van der Waals surface area contributed by atoms with Crippen molar-refractivity contribution < 1.29 is 14.3 Å². The lowest BCUT2D eigenvalue weighted by Gasteiger charge is -2.31. The number of fused-ring (bicyclic) bond motifs is 1. The molecule has 0 saturated heterocycles. The fourth-order valence-electron chi connectivity index (χ4n) is 3.72. The number of nitrogens with zero attached hydrogens (tertiary/aromatic N) is 1. The molecule has 1 heterocycles. The first-order valence-corrected chi connectivity index (χ1v) is 9.58. The number of benzene rings is 1. The zero-order valence-corrected chi connectivity index (χ0v) is 15.7. The van der Waals surface area contributed by atoms with Crippen LogP contribution in [-0.2, 0) is 9.59 Å². The molecular formula is C20H29N3O3. The maximum absolute atomic E-state index is 12.2. The number of hydrogen-bond acceptors (Lipinski definition) is 4. The Labute approximate surface area is 155 Å². The topological polar surface area (TPSA) is 70.7 Å². The van der Waals surface area contributed by atoms with Crippen LogP contribution >= 0.6 is 0 Å². The SMILES string of the molecule is Cc1ccc2c(c1)NC(=O)C(CC(=O)NCCN(C)C1CCCCC1)O2. The molecule has 1 unspecified atom stereocenters. The molecule has 1 saturated carbocycles. The van der Waals surface area contributed by atoms with Crippen molar-refractivity contribution in [1.29, 1.82) is 0 Å². The summed E-state index contributed by atoms with van der Waals surface area (Å²) < 4.78 is 5.71. The predicted molar refractivity (Wildman–Crippen MR) is 101 cm³/mol. The Hall–Kier alpha value is -2.08. The molecule has 0 radical (unpaired) electrons. The minimum atomic E-state index is -0.777. The maximum Gasteiger partial charge on any atom is 0.266 e. The van der Waals surface area contributed by atoms with Crippen LogP contribution in [0, 0.1) is 6.92 Å². The minimum absolute atomic E-state index is 0.0340. The molecular weight excluding hydrogens is 330 g/mol. The second-order valence-electron chi connectivity index (χ2n) is 7.42.